The summed E-state index contributed by atoms with van der Waals surface area (Å²) in [4.78, 5) is 2.57. The van der Waals surface area contributed by atoms with Crippen molar-refractivity contribution in [2.75, 3.05) is 26.2 Å². The number of hydrogen-bond donors (Lipinski definition) is 1. The van der Waals surface area contributed by atoms with Gasteiger partial charge in [0, 0.05) is 31.2 Å². The summed E-state index contributed by atoms with van der Waals surface area (Å²) in [6, 6.07) is 8.87. The van der Waals surface area contributed by atoms with Crippen LogP contribution in [0.25, 0.3) is 0 Å². The van der Waals surface area contributed by atoms with E-state index in [9.17, 15) is 0 Å². The van der Waals surface area contributed by atoms with Crippen molar-refractivity contribution >= 4 is 0 Å². The van der Waals surface area contributed by atoms with Crippen molar-refractivity contribution in [3.63, 3.8) is 0 Å². The first-order valence-corrected chi connectivity index (χ1v) is 8.27. The van der Waals surface area contributed by atoms with Gasteiger partial charge >= 0.3 is 0 Å². The van der Waals surface area contributed by atoms with Gasteiger partial charge in [-0.25, -0.2) is 0 Å². The van der Waals surface area contributed by atoms with Crippen molar-refractivity contribution < 1.29 is 4.74 Å². The van der Waals surface area contributed by atoms with Crippen molar-refractivity contribution in [3.8, 4) is 5.75 Å². The van der Waals surface area contributed by atoms with Crippen molar-refractivity contribution in [3.05, 3.63) is 29.8 Å². The fraction of sp³-hybridized carbons (Fsp3) is 0.667. The van der Waals surface area contributed by atoms with Crippen LogP contribution in [0.15, 0.2) is 24.3 Å². The number of benzene rings is 1. The second-order valence-electron chi connectivity index (χ2n) is 6.35. The highest BCUT2D eigenvalue weighted by Gasteiger charge is 2.34. The molecule has 0 radical (unpaired) electrons. The van der Waals surface area contributed by atoms with Gasteiger partial charge in [0.05, 0.1) is 0 Å². The van der Waals surface area contributed by atoms with Crippen LogP contribution in [0.3, 0.4) is 0 Å². The third kappa shape index (κ3) is 4.21. The monoisotopic (exact) mass is 290 g/mol. The number of piperazine rings is 1. The molecule has 1 unspecified atom stereocenters. The van der Waals surface area contributed by atoms with Crippen LogP contribution in [0.4, 0.5) is 0 Å². The summed E-state index contributed by atoms with van der Waals surface area (Å²) in [5.41, 5.74) is 1.54. The molecule has 118 valence electrons. The van der Waals surface area contributed by atoms with Gasteiger partial charge in [-0.05, 0) is 44.4 Å². The zero-order valence-corrected chi connectivity index (χ0v) is 14.0. The molecule has 0 saturated carbocycles. The lowest BCUT2D eigenvalue weighted by Crippen LogP contribution is -2.63. The van der Waals surface area contributed by atoms with Crippen LogP contribution in [-0.4, -0.2) is 42.7 Å². The molecular formula is C18H30N2O. The number of aryl methyl sites for hydroxylation is 1. The Morgan fingerprint density at radius 2 is 2.10 bits per heavy atom. The average Bonchev–Trinajstić information content (AvgIpc) is 2.50. The van der Waals surface area contributed by atoms with Gasteiger partial charge in [0.1, 0.15) is 12.4 Å². The predicted molar refractivity (Wildman–Crippen MR) is 89.0 cm³/mol. The van der Waals surface area contributed by atoms with E-state index in [1.807, 2.05) is 6.07 Å². The van der Waals surface area contributed by atoms with Crippen molar-refractivity contribution in [1.82, 2.24) is 10.2 Å². The van der Waals surface area contributed by atoms with Crippen LogP contribution >= 0.6 is 0 Å². The number of rotatable bonds is 6. The quantitative estimate of drug-likeness (QED) is 0.870. The molecule has 0 amide bonds. The molecule has 1 N–H and O–H groups in total. The van der Waals surface area contributed by atoms with Gasteiger partial charge in [0.2, 0.25) is 0 Å². The van der Waals surface area contributed by atoms with E-state index in [1.165, 1.54) is 18.4 Å². The van der Waals surface area contributed by atoms with Crippen LogP contribution in [0.5, 0.6) is 5.75 Å². The number of nitrogens with zero attached hydrogens (tertiary/aromatic N) is 1. The fourth-order valence-corrected chi connectivity index (χ4v) is 3.10. The van der Waals surface area contributed by atoms with E-state index in [0.29, 0.717) is 6.04 Å². The Labute approximate surface area is 129 Å². The molecule has 0 aromatic heterocycles. The summed E-state index contributed by atoms with van der Waals surface area (Å²) in [5, 5.41) is 3.74. The summed E-state index contributed by atoms with van der Waals surface area (Å²) < 4.78 is 5.91. The van der Waals surface area contributed by atoms with E-state index in [1.54, 1.807) is 0 Å². The first-order chi connectivity index (χ1) is 10.1. The zero-order valence-electron chi connectivity index (χ0n) is 14.0. The van der Waals surface area contributed by atoms with Gasteiger partial charge in [-0.15, -0.1) is 0 Å². The van der Waals surface area contributed by atoms with Crippen LogP contribution in [-0.2, 0) is 0 Å². The average molecular weight is 290 g/mol. The lowest BCUT2D eigenvalue weighted by atomic mass is 9.89. The molecule has 0 bridgehead atoms. The normalized spacial score (nSPS) is 22.2. The van der Waals surface area contributed by atoms with E-state index in [0.717, 1.165) is 32.0 Å². The molecule has 2 rings (SSSR count). The Morgan fingerprint density at radius 3 is 2.76 bits per heavy atom. The molecule has 3 nitrogen and oxygen atoms in total. The van der Waals surface area contributed by atoms with Gasteiger partial charge in [-0.1, -0.05) is 26.0 Å². The summed E-state index contributed by atoms with van der Waals surface area (Å²) >= 11 is 0. The highest BCUT2D eigenvalue weighted by atomic mass is 16.5. The minimum Gasteiger partial charge on any atom is -0.492 e. The van der Waals surface area contributed by atoms with Crippen LogP contribution in [0.1, 0.15) is 39.2 Å². The van der Waals surface area contributed by atoms with Crippen LogP contribution in [0, 0.1) is 6.92 Å². The number of ether oxygens (including phenoxy) is 1. The van der Waals surface area contributed by atoms with Crippen molar-refractivity contribution in [2.24, 2.45) is 0 Å². The highest BCUT2D eigenvalue weighted by molar-refractivity contribution is 5.27. The second-order valence-corrected chi connectivity index (χ2v) is 6.35. The van der Waals surface area contributed by atoms with Crippen LogP contribution in [0.2, 0.25) is 0 Å². The summed E-state index contributed by atoms with van der Waals surface area (Å²) in [6.07, 6.45) is 2.37. The largest absolute Gasteiger partial charge is 0.492 e. The molecule has 1 fully saturated rings. The fourth-order valence-electron chi connectivity index (χ4n) is 3.10. The summed E-state index contributed by atoms with van der Waals surface area (Å²) in [7, 11) is 0. The van der Waals surface area contributed by atoms with E-state index in [-0.39, 0.29) is 5.54 Å². The van der Waals surface area contributed by atoms with E-state index < -0.39 is 0 Å². The summed E-state index contributed by atoms with van der Waals surface area (Å²) in [5.74, 6) is 0.982. The molecule has 21 heavy (non-hydrogen) atoms. The van der Waals surface area contributed by atoms with Crippen LogP contribution < -0.4 is 10.1 Å². The zero-order chi connectivity index (χ0) is 15.3. The van der Waals surface area contributed by atoms with Gasteiger partial charge < -0.3 is 10.1 Å². The minimum absolute atomic E-state index is 0.288. The third-order valence-electron chi connectivity index (χ3n) is 4.89. The van der Waals surface area contributed by atoms with Gasteiger partial charge in [0.25, 0.3) is 0 Å². The topological polar surface area (TPSA) is 24.5 Å². The maximum atomic E-state index is 5.91. The molecule has 1 aromatic rings. The first-order valence-electron chi connectivity index (χ1n) is 8.27. The Morgan fingerprint density at radius 1 is 1.33 bits per heavy atom. The lowest BCUT2D eigenvalue weighted by molar-refractivity contribution is 0.0685. The molecule has 0 aliphatic carbocycles. The van der Waals surface area contributed by atoms with Gasteiger partial charge in [-0.2, -0.15) is 0 Å². The molecular weight excluding hydrogens is 260 g/mol. The Bertz CT molecular complexity index is 443. The molecule has 1 heterocycles. The SMILES string of the molecule is CCC1(CC)CN(CCOc2cccc(C)c2)C(C)CN1. The molecule has 1 atom stereocenters. The second kappa shape index (κ2) is 7.28. The smallest absolute Gasteiger partial charge is 0.119 e. The van der Waals surface area contributed by atoms with Gasteiger partial charge in [-0.3, -0.25) is 4.90 Å². The molecule has 3 heteroatoms. The maximum absolute atomic E-state index is 5.91. The Hall–Kier alpha value is -1.06. The Balaban J connectivity index is 1.86. The number of hydrogen-bond acceptors (Lipinski definition) is 3. The van der Waals surface area contributed by atoms with Gasteiger partial charge in [0.15, 0.2) is 0 Å². The summed E-state index contributed by atoms with van der Waals surface area (Å²) in [6.45, 7) is 12.9. The Kier molecular flexibility index (Phi) is 5.65. The number of nitrogens with one attached hydrogen (secondary N) is 1. The minimum atomic E-state index is 0.288. The predicted octanol–water partition coefficient (Wildman–Crippen LogP) is 3.23. The maximum Gasteiger partial charge on any atom is 0.119 e. The highest BCUT2D eigenvalue weighted by Crippen LogP contribution is 2.22. The molecule has 1 aliphatic heterocycles. The molecule has 1 saturated heterocycles. The standard InChI is InChI=1S/C18H30N2O/c1-5-18(6-2)14-20(16(4)13-19-18)10-11-21-17-9-7-8-15(3)12-17/h7-9,12,16,19H,5-6,10-11,13-14H2,1-4H3. The van der Waals surface area contributed by atoms with Crippen molar-refractivity contribution in [2.45, 2.75) is 52.1 Å². The van der Waals surface area contributed by atoms with E-state index in [4.69, 9.17) is 4.74 Å². The molecule has 1 aromatic carbocycles. The molecule has 1 aliphatic rings. The van der Waals surface area contributed by atoms with E-state index >= 15 is 0 Å². The third-order valence-corrected chi connectivity index (χ3v) is 4.89. The molecule has 0 spiro atoms. The lowest BCUT2D eigenvalue weighted by Gasteiger charge is -2.46. The van der Waals surface area contributed by atoms with Crippen molar-refractivity contribution in [1.29, 1.82) is 0 Å². The first kappa shape index (κ1) is 16.3. The van der Waals surface area contributed by atoms with E-state index in [2.05, 4.69) is 56.1 Å².